The molecule has 30 heavy (non-hydrogen) atoms. The molecule has 4 rings (SSSR count). The van der Waals surface area contributed by atoms with Gasteiger partial charge in [0.2, 0.25) is 0 Å². The molecule has 1 fully saturated rings. The van der Waals surface area contributed by atoms with Crippen molar-refractivity contribution in [3.8, 4) is 0 Å². The van der Waals surface area contributed by atoms with Gasteiger partial charge in [0.05, 0.1) is 0 Å². The molecule has 0 bridgehead atoms. The Hall–Kier alpha value is -1.88. The Balaban J connectivity index is 2.05. The zero-order valence-electron chi connectivity index (χ0n) is 18.0. The van der Waals surface area contributed by atoms with E-state index in [9.17, 15) is 0 Å². The van der Waals surface area contributed by atoms with Crippen LogP contribution in [-0.2, 0) is 9.47 Å². The quantitative estimate of drug-likeness (QED) is 0.469. The molecule has 2 nitrogen and oxygen atoms in total. The number of hydrogen-bond acceptors (Lipinski definition) is 2. The molecule has 1 heterocycles. The molecule has 1 aliphatic heterocycles. The molecular weight excluding hydrogens is 475 g/mol. The van der Waals surface area contributed by atoms with Crippen LogP contribution < -0.4 is 10.7 Å². The topological polar surface area (TPSA) is 18.5 Å². The van der Waals surface area contributed by atoms with Crippen LogP contribution in [0.25, 0.3) is 0 Å². The Kier molecular flexibility index (Phi) is 6.47. The molecule has 0 unspecified atom stereocenters. The Morgan fingerprint density at radius 2 is 1.27 bits per heavy atom. The van der Waals surface area contributed by atoms with E-state index in [0.717, 1.165) is 6.42 Å². The van der Waals surface area contributed by atoms with Crippen molar-refractivity contribution in [1.82, 2.24) is 0 Å². The Morgan fingerprint density at radius 1 is 0.833 bits per heavy atom. The first kappa shape index (κ1) is 21.4. The molecule has 0 saturated carbocycles. The molecule has 1 atom stereocenters. The summed E-state index contributed by atoms with van der Waals surface area (Å²) in [5, 5.41) is 0. The summed E-state index contributed by atoms with van der Waals surface area (Å²) in [4.78, 5) is 0. The molecule has 154 valence electrons. The van der Waals surface area contributed by atoms with Crippen molar-refractivity contribution in [3.63, 3.8) is 0 Å². The third-order valence-corrected chi connectivity index (χ3v) is 20.1. The summed E-state index contributed by atoms with van der Waals surface area (Å²) in [5.41, 5.74) is 0. The Morgan fingerprint density at radius 3 is 1.60 bits per heavy atom. The molecule has 0 radical (unpaired) electrons. The summed E-state index contributed by atoms with van der Waals surface area (Å²) in [6.45, 7) is 6.85. The molecule has 3 aromatic carbocycles. The zero-order chi connectivity index (χ0) is 21.0. The van der Waals surface area contributed by atoms with Crippen LogP contribution in [0.5, 0.6) is 0 Å². The van der Waals surface area contributed by atoms with Gasteiger partial charge in [-0.25, -0.2) is 0 Å². The van der Waals surface area contributed by atoms with Crippen molar-refractivity contribution in [2.45, 2.75) is 39.1 Å². The fraction of sp³-hybridized carbons (Fsp3) is 0.259. The van der Waals surface area contributed by atoms with Crippen LogP contribution in [0.1, 0.15) is 27.2 Å². The first-order valence-electron chi connectivity index (χ1n) is 10.8. The first-order chi connectivity index (χ1) is 14.6. The normalized spacial score (nSPS) is 19.0. The van der Waals surface area contributed by atoms with E-state index in [1.54, 1.807) is 0 Å². The van der Waals surface area contributed by atoms with Crippen LogP contribution in [0, 0.1) is 0 Å². The van der Waals surface area contributed by atoms with Gasteiger partial charge in [0, 0.05) is 0 Å². The van der Waals surface area contributed by atoms with Crippen LogP contribution in [0.15, 0.2) is 101 Å². The molecular formula is C27H30O2Sn. The van der Waals surface area contributed by atoms with Gasteiger partial charge in [-0.3, -0.25) is 0 Å². The van der Waals surface area contributed by atoms with Gasteiger partial charge in [-0.15, -0.1) is 0 Å². The number of hydrogen-bond donors (Lipinski definition) is 0. The maximum atomic E-state index is 6.50. The second-order valence-electron chi connectivity index (χ2n) is 8.23. The van der Waals surface area contributed by atoms with E-state index in [1.807, 2.05) is 13.8 Å². The van der Waals surface area contributed by atoms with Crippen molar-refractivity contribution in [1.29, 1.82) is 0 Å². The fourth-order valence-electron chi connectivity index (χ4n) is 4.65. The van der Waals surface area contributed by atoms with Gasteiger partial charge < -0.3 is 0 Å². The summed E-state index contributed by atoms with van der Waals surface area (Å²) in [6.07, 6.45) is 3.37. The summed E-state index contributed by atoms with van der Waals surface area (Å²) in [6, 6.07) is 33.3. The summed E-state index contributed by atoms with van der Waals surface area (Å²) < 4.78 is 18.3. The Bertz CT molecular complexity index is 884. The van der Waals surface area contributed by atoms with Gasteiger partial charge in [-0.2, -0.15) is 0 Å². The van der Waals surface area contributed by atoms with Gasteiger partial charge in [-0.05, 0) is 0 Å². The number of ether oxygens (including phenoxy) is 2. The first-order valence-corrected chi connectivity index (χ1v) is 16.5. The van der Waals surface area contributed by atoms with Crippen molar-refractivity contribution < 1.29 is 9.47 Å². The van der Waals surface area contributed by atoms with Gasteiger partial charge in [-0.1, -0.05) is 0 Å². The molecule has 1 aliphatic rings. The number of allylic oxidation sites excluding steroid dienone is 1. The monoisotopic (exact) mass is 506 g/mol. The van der Waals surface area contributed by atoms with Crippen LogP contribution >= 0.6 is 0 Å². The number of rotatable bonds is 6. The molecule has 0 aliphatic carbocycles. The molecule has 1 saturated heterocycles. The molecule has 0 aromatic heterocycles. The van der Waals surface area contributed by atoms with E-state index in [0.29, 0.717) is 6.61 Å². The molecule has 0 amide bonds. The summed E-state index contributed by atoms with van der Waals surface area (Å²) in [5.74, 6) is -0.556. The fourth-order valence-corrected chi connectivity index (χ4v) is 19.5. The van der Waals surface area contributed by atoms with Gasteiger partial charge in [0.25, 0.3) is 0 Å². The average molecular weight is 505 g/mol. The zero-order valence-corrected chi connectivity index (χ0v) is 20.9. The van der Waals surface area contributed by atoms with E-state index < -0.39 is 24.2 Å². The van der Waals surface area contributed by atoms with Gasteiger partial charge in [0.15, 0.2) is 0 Å². The van der Waals surface area contributed by atoms with Gasteiger partial charge in [0.1, 0.15) is 0 Å². The minimum atomic E-state index is -3.61. The van der Waals surface area contributed by atoms with E-state index in [1.165, 1.54) is 14.3 Å². The third kappa shape index (κ3) is 4.01. The van der Waals surface area contributed by atoms with Crippen LogP contribution in [-0.4, -0.2) is 36.9 Å². The molecule has 0 spiro atoms. The second kappa shape index (κ2) is 9.09. The van der Waals surface area contributed by atoms with Crippen LogP contribution in [0.2, 0.25) is 0 Å². The predicted octanol–water partition coefficient (Wildman–Crippen LogP) is 4.18. The van der Waals surface area contributed by atoms with E-state index in [2.05, 4.69) is 104 Å². The summed E-state index contributed by atoms with van der Waals surface area (Å²) in [7, 11) is 0. The number of benzene rings is 3. The molecule has 3 aromatic rings. The van der Waals surface area contributed by atoms with E-state index >= 15 is 0 Å². The van der Waals surface area contributed by atoms with E-state index in [-0.39, 0.29) is 6.10 Å². The van der Waals surface area contributed by atoms with Crippen molar-refractivity contribution in [2.75, 3.05) is 6.61 Å². The maximum absolute atomic E-state index is 6.50. The van der Waals surface area contributed by atoms with Crippen molar-refractivity contribution in [2.24, 2.45) is 0 Å². The van der Waals surface area contributed by atoms with Crippen LogP contribution in [0.4, 0.5) is 0 Å². The Labute approximate surface area is 184 Å². The van der Waals surface area contributed by atoms with E-state index in [4.69, 9.17) is 9.47 Å². The second-order valence-corrected chi connectivity index (χ2v) is 19.1. The van der Waals surface area contributed by atoms with Crippen molar-refractivity contribution in [3.05, 3.63) is 101 Å². The average Bonchev–Trinajstić information content (AvgIpc) is 3.15. The van der Waals surface area contributed by atoms with Gasteiger partial charge >= 0.3 is 185 Å². The van der Waals surface area contributed by atoms with Crippen LogP contribution in [0.3, 0.4) is 0 Å². The predicted molar refractivity (Wildman–Crippen MR) is 127 cm³/mol. The SMILES string of the molecule is CC/C=[C](\[C@H]1COC(C)(C)O1)[Sn]([c]1ccccc1)([c]1ccccc1)[c]1ccccc1. The summed E-state index contributed by atoms with van der Waals surface area (Å²) >= 11 is -3.61. The molecule has 3 heteroatoms. The third-order valence-electron chi connectivity index (χ3n) is 5.83. The standard InChI is InChI=1S/C9H15O2.3C6H5.Sn/c1-4-5-6-8-7-10-9(2,3)11-8;3*1-2-4-6-5-3-1;/h5,8H,4,7H2,1-3H3;3*1-5H;/t8-;;;;/m0..../s1. The minimum absolute atomic E-state index is 0.0311. The van der Waals surface area contributed by atoms with Crippen molar-refractivity contribution >= 4 is 29.1 Å². The molecule has 0 N–H and O–H groups in total.